The van der Waals surface area contributed by atoms with Gasteiger partial charge in [0.2, 0.25) is 0 Å². The molecule has 0 fully saturated rings. The summed E-state index contributed by atoms with van der Waals surface area (Å²) in [5, 5.41) is 41.9. The number of thioether (sulfide) groups is 1. The molecule has 4 rings (SSSR count). The summed E-state index contributed by atoms with van der Waals surface area (Å²) in [7, 11) is -10.0. The molecule has 0 saturated heterocycles. The number of nitrogen functional groups attached to an aromatic ring is 1. The van der Waals surface area contributed by atoms with Gasteiger partial charge in [0.1, 0.15) is 16.3 Å². The number of fused-ring (bicyclic) bond motifs is 1. The molecule has 0 bridgehead atoms. The first-order chi connectivity index (χ1) is 24.9. The largest absolute Gasteiger partial charge is 0.505 e. The third kappa shape index (κ3) is 12.0. The van der Waals surface area contributed by atoms with Crippen molar-refractivity contribution < 1.29 is 68.8 Å². The number of hydrogen-bond acceptors (Lipinski definition) is 20. The van der Waals surface area contributed by atoms with Crippen LogP contribution >= 0.6 is 23.8 Å². The molecule has 8 N–H and O–H groups in total. The van der Waals surface area contributed by atoms with Crippen molar-refractivity contribution in [2.24, 2.45) is 20.5 Å². The SMILES string of the molecule is CN(C)CCS(=O)(=O)c1ccc(N=Nc2c(S(=O)(=O)O)cc3cc(SOOO)c(N=Nc4ccc(SC#COOS(=O)(=O)O)cc4)c(N)c3c2O)cc1.O. The van der Waals surface area contributed by atoms with E-state index in [9.17, 15) is 34.9 Å². The lowest BCUT2D eigenvalue weighted by atomic mass is 10.1. The van der Waals surface area contributed by atoms with Crippen LogP contribution in [0.4, 0.5) is 28.4 Å². The lowest BCUT2D eigenvalue weighted by Crippen LogP contribution is -2.21. The van der Waals surface area contributed by atoms with Crippen molar-refractivity contribution in [1.82, 2.24) is 4.90 Å². The smallest absolute Gasteiger partial charge is 0.433 e. The van der Waals surface area contributed by atoms with Gasteiger partial charge in [0.15, 0.2) is 21.7 Å². The van der Waals surface area contributed by atoms with Gasteiger partial charge in [0.05, 0.1) is 50.0 Å². The third-order valence-corrected chi connectivity index (χ3v) is 10.6. The van der Waals surface area contributed by atoms with Gasteiger partial charge in [-0.25, -0.2) is 13.7 Å². The second kappa shape index (κ2) is 18.7. The minimum Gasteiger partial charge on any atom is -0.505 e. The van der Waals surface area contributed by atoms with E-state index in [0.29, 0.717) is 23.5 Å². The second-order valence-electron chi connectivity index (χ2n) is 10.4. The minimum atomic E-state index is -5.05. The molecule has 4 aromatic rings. The van der Waals surface area contributed by atoms with Crippen molar-refractivity contribution in [2.75, 3.05) is 32.1 Å². The molecule has 290 valence electrons. The molecule has 54 heavy (non-hydrogen) atoms. The van der Waals surface area contributed by atoms with Gasteiger partial charge in [-0.3, -0.25) is 14.0 Å². The third-order valence-electron chi connectivity index (χ3n) is 6.49. The van der Waals surface area contributed by atoms with Crippen LogP contribution in [0.15, 0.2) is 101 Å². The fourth-order valence-corrected chi connectivity index (χ4v) is 7.26. The number of benzene rings is 4. The number of anilines is 1. The van der Waals surface area contributed by atoms with E-state index < -0.39 is 46.7 Å². The molecule has 0 aliphatic rings. The first-order valence-electron chi connectivity index (χ1n) is 14.0. The maximum absolute atomic E-state index is 12.6. The maximum atomic E-state index is 12.6. The summed E-state index contributed by atoms with van der Waals surface area (Å²) in [4.78, 5) is 5.43. The maximum Gasteiger partial charge on any atom is 0.433 e. The van der Waals surface area contributed by atoms with Crippen LogP contribution in [-0.4, -0.2) is 81.5 Å². The number of phenolic OH excluding ortho intramolecular Hbond substituents is 1. The molecule has 0 unspecified atom stereocenters. The molecular formula is C28H28N6O15S5. The van der Waals surface area contributed by atoms with Crippen molar-refractivity contribution in [2.45, 2.75) is 19.6 Å². The van der Waals surface area contributed by atoms with E-state index in [1.54, 1.807) is 31.1 Å². The zero-order valence-corrected chi connectivity index (χ0v) is 31.5. The quantitative estimate of drug-likeness (QED) is 0.0155. The fourth-order valence-electron chi connectivity index (χ4n) is 4.12. The monoisotopic (exact) mass is 848 g/mol. The van der Waals surface area contributed by atoms with Crippen LogP contribution in [-0.2, 0) is 48.9 Å². The summed E-state index contributed by atoms with van der Waals surface area (Å²) in [6, 6.07) is 13.5. The molecule has 21 nitrogen and oxygen atoms in total. The Hall–Kier alpha value is -4.47. The number of sulfone groups is 1. The number of nitrogens with zero attached hydrogens (tertiary/aromatic N) is 5. The van der Waals surface area contributed by atoms with Crippen molar-refractivity contribution >= 4 is 93.4 Å². The van der Waals surface area contributed by atoms with Crippen LogP contribution in [0.1, 0.15) is 0 Å². The Morgan fingerprint density at radius 3 is 2.02 bits per heavy atom. The van der Waals surface area contributed by atoms with Crippen molar-refractivity contribution in [3.05, 3.63) is 60.7 Å². The molecule has 26 heteroatoms. The highest BCUT2D eigenvalue weighted by molar-refractivity contribution is 8.04. The molecule has 0 radical (unpaired) electrons. The summed E-state index contributed by atoms with van der Waals surface area (Å²) in [6.45, 7) is 0.293. The zero-order chi connectivity index (χ0) is 39.0. The number of aromatic hydroxyl groups is 1. The van der Waals surface area contributed by atoms with E-state index in [4.69, 9.17) is 15.5 Å². The minimum absolute atomic E-state index is 0. The summed E-state index contributed by atoms with van der Waals surface area (Å²) in [6.07, 6.45) is 1.90. The average Bonchev–Trinajstić information content (AvgIpc) is 3.08. The second-order valence-corrected chi connectivity index (χ2v) is 16.5. The predicted octanol–water partition coefficient (Wildman–Crippen LogP) is 4.91. The van der Waals surface area contributed by atoms with Gasteiger partial charge in [-0.2, -0.15) is 27.1 Å². The Morgan fingerprint density at radius 1 is 0.870 bits per heavy atom. The first kappa shape index (κ1) is 43.9. The molecule has 0 aliphatic heterocycles. The number of hydrogen-bond donors (Lipinski definition) is 5. The summed E-state index contributed by atoms with van der Waals surface area (Å²) >= 11 is 1.28. The molecular weight excluding hydrogens is 821 g/mol. The molecule has 0 amide bonds. The Bertz CT molecular complexity index is 2440. The van der Waals surface area contributed by atoms with Crippen LogP contribution in [0.25, 0.3) is 10.8 Å². The number of nitrogens with two attached hydrogens (primary N) is 1. The zero-order valence-electron chi connectivity index (χ0n) is 27.4. The van der Waals surface area contributed by atoms with Gasteiger partial charge in [0.25, 0.3) is 10.1 Å². The van der Waals surface area contributed by atoms with Gasteiger partial charge in [-0.15, -0.1) is 14.6 Å². The van der Waals surface area contributed by atoms with Crippen molar-refractivity contribution in [3.8, 4) is 17.1 Å². The molecule has 0 aromatic heterocycles. The number of rotatable bonds is 15. The number of phenols is 1. The molecule has 0 atom stereocenters. The van der Waals surface area contributed by atoms with Gasteiger partial charge >= 0.3 is 10.4 Å². The van der Waals surface area contributed by atoms with Crippen LogP contribution in [0.2, 0.25) is 0 Å². The molecule has 0 aliphatic carbocycles. The van der Waals surface area contributed by atoms with Crippen LogP contribution in [0.3, 0.4) is 0 Å². The van der Waals surface area contributed by atoms with E-state index in [1.807, 2.05) is 6.11 Å². The van der Waals surface area contributed by atoms with Gasteiger partial charge in [-0.05, 0) is 96.2 Å². The van der Waals surface area contributed by atoms with E-state index in [2.05, 4.69) is 44.3 Å². The standard InChI is InChI=1S/C28H26N6O14S5.H2O/c1-34(2)11-14-51(37,38)21-9-5-19(6-10-21)31-33-27-23(52(39,40)41)16-17-15-22(50-47-46-36)26(25(29)24(17)28(27)35)32-30-18-3-7-20(8-4-18)49-13-12-45-48-53(42,43)44;/h3-10,15-16,35-36H,11,14,29H2,1-2H3,(H,39,40,41)(H,42,43,44);1H2. The van der Waals surface area contributed by atoms with Crippen LogP contribution in [0, 0.1) is 11.4 Å². The van der Waals surface area contributed by atoms with E-state index >= 15 is 0 Å². The predicted molar refractivity (Wildman–Crippen MR) is 193 cm³/mol. The highest BCUT2D eigenvalue weighted by Crippen LogP contribution is 2.49. The summed E-state index contributed by atoms with van der Waals surface area (Å²) in [5.74, 6) is -0.967. The van der Waals surface area contributed by atoms with Gasteiger partial charge < -0.3 is 21.2 Å². The summed E-state index contributed by atoms with van der Waals surface area (Å²) < 4.78 is 97.6. The van der Waals surface area contributed by atoms with Crippen molar-refractivity contribution in [3.63, 3.8) is 0 Å². The molecule has 0 spiro atoms. The Balaban J connectivity index is 0.00000784. The first-order valence-corrected chi connectivity index (χ1v) is 20.1. The van der Waals surface area contributed by atoms with Crippen LogP contribution < -0.4 is 5.73 Å². The Labute approximate surface area is 315 Å². The van der Waals surface area contributed by atoms with Gasteiger partial charge in [-0.1, -0.05) is 5.04 Å². The lowest BCUT2D eigenvalue weighted by molar-refractivity contribution is -0.432. The van der Waals surface area contributed by atoms with E-state index in [-0.39, 0.29) is 54.5 Å². The Kier molecular flexibility index (Phi) is 15.2. The highest BCUT2D eigenvalue weighted by atomic mass is 32.3. The molecule has 0 saturated carbocycles. The normalized spacial score (nSPS) is 12.3. The van der Waals surface area contributed by atoms with E-state index in [0.717, 1.165) is 17.8 Å². The average molecular weight is 849 g/mol. The van der Waals surface area contributed by atoms with E-state index in [1.165, 1.54) is 42.5 Å². The summed E-state index contributed by atoms with van der Waals surface area (Å²) in [5.41, 5.74) is 5.59. The highest BCUT2D eigenvalue weighted by Gasteiger charge is 2.26. The Morgan fingerprint density at radius 2 is 1.46 bits per heavy atom. The molecule has 0 heterocycles. The van der Waals surface area contributed by atoms with Gasteiger partial charge in [0, 0.05) is 16.7 Å². The lowest BCUT2D eigenvalue weighted by Gasteiger charge is -2.14. The van der Waals surface area contributed by atoms with Crippen molar-refractivity contribution in [1.29, 1.82) is 0 Å². The number of azo groups is 2. The topological polar surface area (TPSA) is 330 Å². The van der Waals surface area contributed by atoms with Crippen LogP contribution in [0.5, 0.6) is 5.75 Å². The molecule has 4 aromatic carbocycles. The fraction of sp³-hybridized carbons (Fsp3) is 0.143.